The normalized spacial score (nSPS) is 21.8. The van der Waals surface area contributed by atoms with Crippen molar-refractivity contribution >= 4 is 34.9 Å². The molecule has 32 heavy (non-hydrogen) atoms. The smallest absolute Gasteiger partial charge is 0.278 e. The molecule has 6 N–H and O–H groups in total. The highest BCUT2D eigenvalue weighted by atomic mass is 35.5. The summed E-state index contributed by atoms with van der Waals surface area (Å²) in [5.41, 5.74) is 6.95. The molecule has 0 bridgehead atoms. The van der Waals surface area contributed by atoms with Crippen LogP contribution in [-0.2, 0) is 9.53 Å². The fourth-order valence-corrected chi connectivity index (χ4v) is 4.36. The second-order valence-corrected chi connectivity index (χ2v) is 8.10. The van der Waals surface area contributed by atoms with Crippen LogP contribution in [0.3, 0.4) is 0 Å². The number of amidine groups is 1. The van der Waals surface area contributed by atoms with Gasteiger partial charge in [-0.1, -0.05) is 23.7 Å². The third-order valence-electron chi connectivity index (χ3n) is 5.80. The maximum absolute atomic E-state index is 12.8. The average molecular weight is 463 g/mol. The predicted molar refractivity (Wildman–Crippen MR) is 121 cm³/mol. The molecule has 2 unspecified atom stereocenters. The minimum atomic E-state index is -0.312. The van der Waals surface area contributed by atoms with Crippen molar-refractivity contribution in [1.82, 2.24) is 14.8 Å². The third-order valence-corrected chi connectivity index (χ3v) is 6.14. The van der Waals surface area contributed by atoms with E-state index in [-0.39, 0.29) is 36.0 Å². The Balaban J connectivity index is 1.57. The van der Waals surface area contributed by atoms with Gasteiger partial charge in [0.25, 0.3) is 5.91 Å². The van der Waals surface area contributed by atoms with Crippen molar-refractivity contribution in [3.8, 4) is 0 Å². The Morgan fingerprint density at radius 2 is 2.12 bits per heavy atom. The van der Waals surface area contributed by atoms with Crippen LogP contribution in [0.1, 0.15) is 12.5 Å². The molecule has 0 aromatic carbocycles. The minimum Gasteiger partial charge on any atom is -0.409 e. The fourth-order valence-electron chi connectivity index (χ4n) is 4.02. The summed E-state index contributed by atoms with van der Waals surface area (Å²) in [4.78, 5) is 21.1. The number of halogens is 1. The van der Waals surface area contributed by atoms with Crippen LogP contribution < -0.4 is 11.1 Å². The molecule has 1 aliphatic carbocycles. The molecule has 2 atom stereocenters. The number of carbonyl (C=O) groups is 1. The van der Waals surface area contributed by atoms with E-state index in [1.165, 1.54) is 5.70 Å². The lowest BCUT2D eigenvalue weighted by Crippen LogP contribution is -2.82. The Labute approximate surface area is 191 Å². The molecule has 0 saturated carbocycles. The van der Waals surface area contributed by atoms with Crippen LogP contribution in [0.2, 0.25) is 0 Å². The van der Waals surface area contributed by atoms with E-state index in [0.717, 1.165) is 13.1 Å². The summed E-state index contributed by atoms with van der Waals surface area (Å²) in [5.74, 6) is 0.264. The topological polar surface area (TPSA) is 145 Å². The number of allylic oxidation sites excluding steroid dienone is 2. The fraction of sp³-hybridized carbons (Fsp3) is 0.429. The van der Waals surface area contributed by atoms with Crippen molar-refractivity contribution < 1.29 is 20.1 Å². The van der Waals surface area contributed by atoms with Crippen molar-refractivity contribution in [2.24, 2.45) is 16.8 Å². The molecular formula is C21H29ClN7O3+. The number of ether oxygens (including phenoxy) is 1. The molecule has 2 aliphatic rings. The zero-order valence-corrected chi connectivity index (χ0v) is 18.9. The van der Waals surface area contributed by atoms with E-state index in [0.29, 0.717) is 29.5 Å². The number of hydrogen-bond donors (Lipinski definition) is 4. The first-order valence-corrected chi connectivity index (χ1v) is 10.7. The summed E-state index contributed by atoms with van der Waals surface area (Å²) in [7, 11) is 1.66. The van der Waals surface area contributed by atoms with E-state index in [2.05, 4.69) is 22.0 Å². The van der Waals surface area contributed by atoms with Crippen LogP contribution in [0.5, 0.6) is 0 Å². The molecular weight excluding hydrogens is 434 g/mol. The lowest BCUT2D eigenvalue weighted by molar-refractivity contribution is -0.564. The molecule has 0 spiro atoms. The molecule has 1 saturated heterocycles. The van der Waals surface area contributed by atoms with Crippen LogP contribution in [0.4, 0.5) is 5.82 Å². The van der Waals surface area contributed by atoms with Crippen molar-refractivity contribution in [3.63, 3.8) is 0 Å². The highest BCUT2D eigenvalue weighted by molar-refractivity contribution is 6.46. The summed E-state index contributed by atoms with van der Waals surface area (Å²) in [5, 5.41) is 22.1. The summed E-state index contributed by atoms with van der Waals surface area (Å²) in [6.45, 7) is 4.93. The third kappa shape index (κ3) is 5.09. The van der Waals surface area contributed by atoms with Gasteiger partial charge in [-0.15, -0.1) is 0 Å². The number of oxime groups is 1. The van der Waals surface area contributed by atoms with Crippen LogP contribution >= 0.6 is 11.6 Å². The standard InChI is InChI=1S/C21H28ClN7O3/c1-13-16(6-5-15(22)19(13)32-2)28-8-10-29(11-9-28)17(30)12-26-21-14(4-3-7-25-21)18(23)20(24)27-31/h3-7,13,19,23,31H,8-12H2,1-2H3,(H2,24,27)(H,25,26)/p+1. The Morgan fingerprint density at radius 1 is 1.41 bits per heavy atom. The molecule has 3 rings (SSSR count). The molecule has 1 aromatic heterocycles. The Morgan fingerprint density at radius 3 is 2.78 bits per heavy atom. The maximum atomic E-state index is 12.8. The van der Waals surface area contributed by atoms with E-state index in [9.17, 15) is 4.79 Å². The minimum absolute atomic E-state index is 0.0139. The van der Waals surface area contributed by atoms with Gasteiger partial charge in [-0.25, -0.2) is 4.98 Å². The number of nitrogens with two attached hydrogens (primary N) is 2. The first-order chi connectivity index (χ1) is 15.4. The Hall–Kier alpha value is -2.95. The molecule has 1 fully saturated rings. The number of piperazine rings is 1. The van der Waals surface area contributed by atoms with Crippen molar-refractivity contribution in [3.05, 3.63) is 46.8 Å². The van der Waals surface area contributed by atoms with Crippen LogP contribution in [0.15, 0.2) is 46.4 Å². The van der Waals surface area contributed by atoms with Gasteiger partial charge in [0.2, 0.25) is 5.82 Å². The summed E-state index contributed by atoms with van der Waals surface area (Å²) < 4.78 is 5.53. The number of hydrogen-bond acceptors (Lipinski definition) is 7. The summed E-state index contributed by atoms with van der Waals surface area (Å²) >= 11 is 6.26. The molecule has 2 heterocycles. The molecule has 1 aliphatic heterocycles. The summed E-state index contributed by atoms with van der Waals surface area (Å²) in [6.07, 6.45) is 5.34. The number of carbonyl (C=O) groups excluding carboxylic acids is 1. The van der Waals surface area contributed by atoms with Crippen molar-refractivity contribution in [2.75, 3.05) is 39.8 Å². The van der Waals surface area contributed by atoms with Crippen LogP contribution in [0, 0.1) is 11.3 Å². The van der Waals surface area contributed by atoms with Gasteiger partial charge in [0.1, 0.15) is 11.8 Å². The highest BCUT2D eigenvalue weighted by Gasteiger charge is 2.31. The van der Waals surface area contributed by atoms with E-state index >= 15 is 0 Å². The lowest BCUT2D eigenvalue weighted by Gasteiger charge is -2.41. The summed E-state index contributed by atoms with van der Waals surface area (Å²) in [6, 6.07) is 3.31. The zero-order chi connectivity index (χ0) is 23.3. The van der Waals surface area contributed by atoms with Crippen molar-refractivity contribution in [1.29, 1.82) is 5.41 Å². The van der Waals surface area contributed by atoms with Gasteiger partial charge in [0.15, 0.2) is 12.4 Å². The van der Waals surface area contributed by atoms with E-state index < -0.39 is 0 Å². The monoisotopic (exact) mass is 462 g/mol. The van der Waals surface area contributed by atoms with Crippen molar-refractivity contribution in [2.45, 2.75) is 13.0 Å². The molecule has 1 amide bonds. The SMILES string of the molecule is COC1C(Cl)=CC=C(N2CCN(C(=O)C[NH2+]c3ncccc3C(=N)/C(N)=N/O)CC2)C1C. The molecule has 10 nitrogen and oxygen atoms in total. The highest BCUT2D eigenvalue weighted by Crippen LogP contribution is 2.32. The number of methoxy groups -OCH3 is 1. The lowest BCUT2D eigenvalue weighted by atomic mass is 9.94. The number of quaternary nitrogens is 1. The van der Waals surface area contributed by atoms with E-state index in [4.69, 9.17) is 32.7 Å². The number of rotatable bonds is 7. The molecule has 1 aromatic rings. The number of amides is 1. The van der Waals surface area contributed by atoms with E-state index in [1.54, 1.807) is 30.8 Å². The Bertz CT molecular complexity index is 954. The largest absolute Gasteiger partial charge is 0.409 e. The first-order valence-electron chi connectivity index (χ1n) is 10.3. The number of nitrogens with zero attached hydrogens (tertiary/aromatic N) is 4. The maximum Gasteiger partial charge on any atom is 0.278 e. The van der Waals surface area contributed by atoms with Gasteiger partial charge < -0.3 is 25.5 Å². The second-order valence-electron chi connectivity index (χ2n) is 7.66. The molecule has 11 heteroatoms. The quantitative estimate of drug-likeness (QED) is 0.197. The molecule has 172 valence electrons. The van der Waals surface area contributed by atoms with E-state index in [1.807, 2.05) is 17.1 Å². The van der Waals surface area contributed by atoms with Gasteiger partial charge in [-0.3, -0.25) is 15.5 Å². The van der Waals surface area contributed by atoms with Crippen LogP contribution in [0.25, 0.3) is 0 Å². The van der Waals surface area contributed by atoms with Crippen LogP contribution in [-0.4, -0.2) is 83.4 Å². The predicted octanol–water partition coefficient (Wildman–Crippen LogP) is 0.206. The van der Waals surface area contributed by atoms with Gasteiger partial charge >= 0.3 is 0 Å². The van der Waals surface area contributed by atoms with Gasteiger partial charge in [-0.05, 0) is 24.3 Å². The first kappa shape index (κ1) is 23.7. The second kappa shape index (κ2) is 10.6. The molecule has 0 radical (unpaired) electrons. The number of nitrogens with one attached hydrogen (secondary N) is 1. The van der Waals surface area contributed by atoms with Gasteiger partial charge in [-0.2, -0.15) is 0 Å². The Kier molecular flexibility index (Phi) is 7.84. The van der Waals surface area contributed by atoms with Gasteiger partial charge in [0.05, 0.1) is 5.56 Å². The number of pyridine rings is 1. The zero-order valence-electron chi connectivity index (χ0n) is 18.2. The van der Waals surface area contributed by atoms with Gasteiger partial charge in [0, 0.05) is 56.1 Å². The number of aromatic nitrogens is 1. The average Bonchev–Trinajstić information content (AvgIpc) is 2.82.